The van der Waals surface area contributed by atoms with Crippen molar-refractivity contribution in [2.45, 2.75) is 104 Å². The summed E-state index contributed by atoms with van der Waals surface area (Å²) in [6.45, 7) is 6.92. The van der Waals surface area contributed by atoms with Crippen molar-refractivity contribution in [3.05, 3.63) is 12.2 Å². The lowest BCUT2D eigenvalue weighted by molar-refractivity contribution is 0.443. The normalized spacial score (nSPS) is 13.2. The van der Waals surface area contributed by atoms with Gasteiger partial charge in [0.15, 0.2) is 0 Å². The van der Waals surface area contributed by atoms with Gasteiger partial charge in [-0.15, -0.1) is 0 Å². The summed E-state index contributed by atoms with van der Waals surface area (Å²) in [5.41, 5.74) is 0. The predicted octanol–water partition coefficient (Wildman–Crippen LogP) is 7.29. The van der Waals surface area contributed by atoms with Crippen LogP contribution in [-0.2, 0) is 0 Å². The molecule has 0 aromatic heterocycles. The molecule has 0 aliphatic carbocycles. The Morgan fingerprint density at radius 2 is 1.32 bits per heavy atom. The quantitative estimate of drug-likeness (QED) is 0.229. The second-order valence-electron chi connectivity index (χ2n) is 6.03. The highest BCUT2D eigenvalue weighted by Gasteiger charge is 2.03. The van der Waals surface area contributed by atoms with Crippen LogP contribution in [0.1, 0.15) is 104 Å². The van der Waals surface area contributed by atoms with Crippen molar-refractivity contribution in [3.8, 4) is 0 Å². The third-order valence-corrected chi connectivity index (χ3v) is 4.15. The molecule has 0 heteroatoms. The fraction of sp³-hybridized carbons (Fsp3) is 0.895. The molecule has 0 nitrogen and oxygen atoms in total. The lowest BCUT2D eigenvalue weighted by Gasteiger charge is -2.12. The van der Waals surface area contributed by atoms with Gasteiger partial charge in [0.2, 0.25) is 0 Å². The molecule has 1 unspecified atom stereocenters. The van der Waals surface area contributed by atoms with Crippen LogP contribution in [-0.4, -0.2) is 0 Å². The van der Waals surface area contributed by atoms with Gasteiger partial charge in [0.1, 0.15) is 0 Å². The summed E-state index contributed by atoms with van der Waals surface area (Å²) in [6, 6.07) is 0. The monoisotopic (exact) mass is 266 g/mol. The van der Waals surface area contributed by atoms with E-state index in [1.807, 2.05) is 0 Å². The van der Waals surface area contributed by atoms with Crippen molar-refractivity contribution in [2.75, 3.05) is 0 Å². The largest absolute Gasteiger partial charge is 0.0885 e. The Morgan fingerprint density at radius 3 is 1.95 bits per heavy atom. The van der Waals surface area contributed by atoms with Gasteiger partial charge in [-0.05, 0) is 25.2 Å². The van der Waals surface area contributed by atoms with Crippen LogP contribution in [0, 0.1) is 5.92 Å². The van der Waals surface area contributed by atoms with E-state index in [-0.39, 0.29) is 0 Å². The summed E-state index contributed by atoms with van der Waals surface area (Å²) in [5.74, 6) is 0.938. The lowest BCUT2D eigenvalue weighted by atomic mass is 9.94. The highest BCUT2D eigenvalue weighted by molar-refractivity contribution is 4.83. The third kappa shape index (κ3) is 14.0. The van der Waals surface area contributed by atoms with Gasteiger partial charge in [-0.25, -0.2) is 0 Å². The fourth-order valence-corrected chi connectivity index (χ4v) is 2.62. The fourth-order valence-electron chi connectivity index (χ4n) is 2.62. The number of allylic oxidation sites excluding steroid dienone is 2. The Kier molecular flexibility index (Phi) is 15.6. The molecule has 114 valence electrons. The Bertz CT molecular complexity index is 180. The number of unbranched alkanes of at least 4 members (excludes halogenated alkanes) is 8. The molecule has 0 heterocycles. The molecule has 1 atom stereocenters. The van der Waals surface area contributed by atoms with Crippen molar-refractivity contribution in [2.24, 2.45) is 5.92 Å². The summed E-state index contributed by atoms with van der Waals surface area (Å²) in [7, 11) is 0. The molecule has 19 heavy (non-hydrogen) atoms. The maximum absolute atomic E-state index is 2.45. The Balaban J connectivity index is 3.44. The SMILES string of the molecule is CCCCCC/C=C/CC(CC)CCCCCCC. The van der Waals surface area contributed by atoms with Crippen molar-refractivity contribution in [1.82, 2.24) is 0 Å². The summed E-state index contributed by atoms with van der Waals surface area (Å²) in [5, 5.41) is 0. The van der Waals surface area contributed by atoms with E-state index in [4.69, 9.17) is 0 Å². The van der Waals surface area contributed by atoms with Gasteiger partial charge in [0.25, 0.3) is 0 Å². The van der Waals surface area contributed by atoms with E-state index in [0.29, 0.717) is 0 Å². The van der Waals surface area contributed by atoms with Crippen LogP contribution in [0.4, 0.5) is 0 Å². The second kappa shape index (κ2) is 15.8. The van der Waals surface area contributed by atoms with E-state index >= 15 is 0 Å². The molecule has 0 saturated heterocycles. The molecule has 0 saturated carbocycles. The highest BCUT2D eigenvalue weighted by Crippen LogP contribution is 2.18. The molecule has 0 rings (SSSR count). The first-order valence-corrected chi connectivity index (χ1v) is 9.00. The number of hydrogen-bond acceptors (Lipinski definition) is 0. The smallest absolute Gasteiger partial charge is 0.0322 e. The zero-order valence-electron chi connectivity index (χ0n) is 13.9. The Labute approximate surface area is 123 Å². The van der Waals surface area contributed by atoms with Crippen LogP contribution >= 0.6 is 0 Å². The van der Waals surface area contributed by atoms with E-state index in [9.17, 15) is 0 Å². The Morgan fingerprint density at radius 1 is 0.684 bits per heavy atom. The van der Waals surface area contributed by atoms with Crippen molar-refractivity contribution >= 4 is 0 Å². The van der Waals surface area contributed by atoms with Gasteiger partial charge in [-0.3, -0.25) is 0 Å². The molecule has 0 aromatic rings. The first-order valence-electron chi connectivity index (χ1n) is 9.00. The number of rotatable bonds is 14. The maximum atomic E-state index is 2.45. The van der Waals surface area contributed by atoms with E-state index in [2.05, 4.69) is 32.9 Å². The molecule has 0 radical (unpaired) electrons. The minimum absolute atomic E-state index is 0.938. The topological polar surface area (TPSA) is 0 Å². The number of hydrogen-bond donors (Lipinski definition) is 0. The van der Waals surface area contributed by atoms with Gasteiger partial charge in [-0.2, -0.15) is 0 Å². The van der Waals surface area contributed by atoms with Gasteiger partial charge < -0.3 is 0 Å². The van der Waals surface area contributed by atoms with Gasteiger partial charge in [0, 0.05) is 0 Å². The van der Waals surface area contributed by atoms with Gasteiger partial charge in [0.05, 0.1) is 0 Å². The Hall–Kier alpha value is -0.260. The van der Waals surface area contributed by atoms with Gasteiger partial charge in [-0.1, -0.05) is 97.1 Å². The molecular weight excluding hydrogens is 228 g/mol. The summed E-state index contributed by atoms with van der Waals surface area (Å²) in [4.78, 5) is 0. The van der Waals surface area contributed by atoms with E-state index in [1.165, 1.54) is 83.5 Å². The minimum atomic E-state index is 0.938. The van der Waals surface area contributed by atoms with E-state index in [0.717, 1.165) is 5.92 Å². The molecule has 0 bridgehead atoms. The van der Waals surface area contributed by atoms with Crippen LogP contribution in [0.5, 0.6) is 0 Å². The molecule has 0 amide bonds. The van der Waals surface area contributed by atoms with E-state index in [1.54, 1.807) is 0 Å². The first kappa shape index (κ1) is 18.7. The third-order valence-electron chi connectivity index (χ3n) is 4.15. The molecular formula is C19H38. The van der Waals surface area contributed by atoms with Crippen LogP contribution in [0.3, 0.4) is 0 Å². The second-order valence-corrected chi connectivity index (χ2v) is 6.03. The van der Waals surface area contributed by atoms with E-state index < -0.39 is 0 Å². The van der Waals surface area contributed by atoms with Crippen LogP contribution in [0.15, 0.2) is 12.2 Å². The molecule has 0 aromatic carbocycles. The average molecular weight is 267 g/mol. The molecule has 0 fully saturated rings. The van der Waals surface area contributed by atoms with Crippen LogP contribution in [0.25, 0.3) is 0 Å². The maximum Gasteiger partial charge on any atom is -0.0322 e. The summed E-state index contributed by atoms with van der Waals surface area (Å²) in [6.07, 6.45) is 23.0. The lowest BCUT2D eigenvalue weighted by Crippen LogP contribution is -1.97. The van der Waals surface area contributed by atoms with Crippen molar-refractivity contribution < 1.29 is 0 Å². The standard InChI is InChI=1S/C19H38/c1-4-7-9-11-12-14-16-18-19(6-3)17-15-13-10-8-5-2/h14,16,19H,4-13,15,17-18H2,1-3H3/b16-14+. The zero-order chi connectivity index (χ0) is 14.2. The molecule has 0 N–H and O–H groups in total. The highest BCUT2D eigenvalue weighted by atomic mass is 14.1. The first-order chi connectivity index (χ1) is 9.35. The predicted molar refractivity (Wildman–Crippen MR) is 89.7 cm³/mol. The zero-order valence-corrected chi connectivity index (χ0v) is 13.9. The summed E-state index contributed by atoms with van der Waals surface area (Å²) < 4.78 is 0. The average Bonchev–Trinajstić information content (AvgIpc) is 2.44. The van der Waals surface area contributed by atoms with Crippen LogP contribution in [0.2, 0.25) is 0 Å². The molecule has 0 aliphatic rings. The molecule has 0 aliphatic heterocycles. The van der Waals surface area contributed by atoms with Crippen molar-refractivity contribution in [3.63, 3.8) is 0 Å². The van der Waals surface area contributed by atoms with Gasteiger partial charge >= 0.3 is 0 Å². The summed E-state index contributed by atoms with van der Waals surface area (Å²) >= 11 is 0. The van der Waals surface area contributed by atoms with Crippen LogP contribution < -0.4 is 0 Å². The van der Waals surface area contributed by atoms with Crippen molar-refractivity contribution in [1.29, 1.82) is 0 Å². The minimum Gasteiger partial charge on any atom is -0.0885 e. The molecule has 0 spiro atoms.